The van der Waals surface area contributed by atoms with Crippen molar-refractivity contribution in [2.45, 2.75) is 50.9 Å². The van der Waals surface area contributed by atoms with E-state index in [1.54, 1.807) is 26.8 Å². The van der Waals surface area contributed by atoms with Crippen LogP contribution in [0.1, 0.15) is 31.9 Å². The maximum atomic E-state index is 14.8. The van der Waals surface area contributed by atoms with E-state index >= 15 is 0 Å². The maximum Gasteiger partial charge on any atom is 0.408 e. The molecular formula is C27H29F2NO7. The van der Waals surface area contributed by atoms with Crippen LogP contribution in [0.5, 0.6) is 0 Å². The van der Waals surface area contributed by atoms with Crippen LogP contribution >= 0.6 is 0 Å². The lowest BCUT2D eigenvalue weighted by atomic mass is 9.68. The molecule has 2 aliphatic rings. The molecule has 6 atom stereocenters. The molecule has 10 heteroatoms. The van der Waals surface area contributed by atoms with Crippen molar-refractivity contribution in [3.05, 3.63) is 71.3 Å². The van der Waals surface area contributed by atoms with E-state index in [1.807, 2.05) is 0 Å². The third kappa shape index (κ3) is 4.22. The zero-order chi connectivity index (χ0) is 27.3. The van der Waals surface area contributed by atoms with E-state index in [0.717, 1.165) is 6.07 Å². The smallest absolute Gasteiger partial charge is 0.408 e. The lowest BCUT2D eigenvalue weighted by Crippen LogP contribution is -2.66. The van der Waals surface area contributed by atoms with Crippen molar-refractivity contribution < 1.29 is 43.2 Å². The number of aliphatic carboxylic acids is 2. The van der Waals surface area contributed by atoms with Crippen LogP contribution in [0.15, 0.2) is 48.5 Å². The van der Waals surface area contributed by atoms with Crippen molar-refractivity contribution in [1.29, 1.82) is 0 Å². The number of carbonyl (C=O) groups is 3. The largest absolute Gasteiger partial charge is 0.481 e. The Bertz CT molecular complexity index is 1250. The molecule has 4 rings (SSSR count). The summed E-state index contributed by atoms with van der Waals surface area (Å²) in [6, 6.07) is 11.1. The molecule has 198 valence electrons. The number of benzene rings is 2. The zero-order valence-corrected chi connectivity index (χ0v) is 20.6. The predicted molar refractivity (Wildman–Crippen MR) is 126 cm³/mol. The van der Waals surface area contributed by atoms with Gasteiger partial charge in [0.05, 0.1) is 12.0 Å². The Kier molecular flexibility index (Phi) is 6.52. The van der Waals surface area contributed by atoms with E-state index < -0.39 is 76.5 Å². The number of alkyl carbamates (subject to hydrolysis) is 1. The Balaban J connectivity index is 1.91. The number of nitrogens with one attached hydrogen (secondary N) is 1. The van der Waals surface area contributed by atoms with Crippen molar-refractivity contribution >= 4 is 18.0 Å². The number of halogens is 2. The van der Waals surface area contributed by atoms with Gasteiger partial charge < -0.3 is 25.4 Å². The third-order valence-corrected chi connectivity index (χ3v) is 7.61. The van der Waals surface area contributed by atoms with Crippen LogP contribution in [-0.2, 0) is 27.2 Å². The van der Waals surface area contributed by atoms with Gasteiger partial charge in [-0.15, -0.1) is 0 Å². The molecule has 0 heterocycles. The highest BCUT2D eigenvalue weighted by Gasteiger charge is 2.88. The number of carboxylic acid groups (broad SMARTS) is 2. The minimum atomic E-state index is -2.42. The molecule has 0 aromatic heterocycles. The molecule has 2 aromatic carbocycles. The number of amides is 1. The Labute approximate surface area is 212 Å². The van der Waals surface area contributed by atoms with E-state index in [9.17, 15) is 38.5 Å². The summed E-state index contributed by atoms with van der Waals surface area (Å²) in [4.78, 5) is 38.5. The van der Waals surface area contributed by atoms with Crippen molar-refractivity contribution in [3.8, 4) is 0 Å². The molecule has 4 N–H and O–H groups in total. The SMILES string of the molecule is CC(C)(C)OC(=O)N[C@@]1(C(=O)O)C(Cc2ccccc2F)[C@@H](O)[C@@H]2[C@@H](C(=O)O)[C@]21Cc1ccccc1F. The maximum absolute atomic E-state index is 14.8. The minimum Gasteiger partial charge on any atom is -0.481 e. The summed E-state index contributed by atoms with van der Waals surface area (Å²) >= 11 is 0. The van der Waals surface area contributed by atoms with Crippen molar-refractivity contribution in [3.63, 3.8) is 0 Å². The lowest BCUT2D eigenvalue weighted by molar-refractivity contribution is -0.154. The molecule has 2 aliphatic carbocycles. The average molecular weight is 518 g/mol. The summed E-state index contributed by atoms with van der Waals surface area (Å²) in [7, 11) is 0. The van der Waals surface area contributed by atoms with Crippen LogP contribution < -0.4 is 5.32 Å². The van der Waals surface area contributed by atoms with Crippen LogP contribution in [0.25, 0.3) is 0 Å². The van der Waals surface area contributed by atoms with Gasteiger partial charge >= 0.3 is 18.0 Å². The zero-order valence-electron chi connectivity index (χ0n) is 20.6. The molecule has 2 aromatic rings. The highest BCUT2D eigenvalue weighted by Crippen LogP contribution is 2.75. The first-order chi connectivity index (χ1) is 17.3. The monoisotopic (exact) mass is 517 g/mol. The number of aliphatic hydroxyl groups is 1. The van der Waals surface area contributed by atoms with E-state index in [1.165, 1.54) is 36.4 Å². The molecule has 2 fully saturated rings. The standard InChI is InChI=1S/C27H29F2NO7/c1-25(2,3)37-24(36)30-27(23(34)35)16(12-14-8-4-6-10-17(14)28)21(31)19-20(22(32)33)26(19,27)13-15-9-5-7-11-18(15)29/h4-11,16,19-21,31H,12-13H2,1-3H3,(H,30,36)(H,32,33)(H,34,35)/t16?,19-,20-,21+,26-,27+/m0/s1. The van der Waals surface area contributed by atoms with Gasteiger partial charge in [-0.25, -0.2) is 18.4 Å². The second-order valence-electron chi connectivity index (χ2n) is 10.8. The van der Waals surface area contributed by atoms with Gasteiger partial charge in [-0.05, 0) is 56.9 Å². The highest BCUT2D eigenvalue weighted by atomic mass is 19.1. The summed E-state index contributed by atoms with van der Waals surface area (Å²) in [6.45, 7) is 4.69. The Hall–Kier alpha value is -3.53. The fourth-order valence-electron chi connectivity index (χ4n) is 6.29. The van der Waals surface area contributed by atoms with E-state index in [2.05, 4.69) is 5.32 Å². The van der Waals surface area contributed by atoms with Crippen LogP contribution in [0.3, 0.4) is 0 Å². The summed E-state index contributed by atoms with van der Waals surface area (Å²) < 4.78 is 34.7. The number of rotatable bonds is 7. The Morgan fingerprint density at radius 2 is 1.51 bits per heavy atom. The van der Waals surface area contributed by atoms with E-state index in [4.69, 9.17) is 4.74 Å². The van der Waals surface area contributed by atoms with Gasteiger partial charge in [-0.2, -0.15) is 0 Å². The quantitative estimate of drug-likeness (QED) is 0.442. The van der Waals surface area contributed by atoms with E-state index in [-0.39, 0.29) is 17.5 Å². The Morgan fingerprint density at radius 3 is 2.00 bits per heavy atom. The van der Waals surface area contributed by atoms with Crippen LogP contribution in [0, 0.1) is 34.8 Å². The van der Waals surface area contributed by atoms with Gasteiger partial charge in [0.15, 0.2) is 5.54 Å². The fourth-order valence-corrected chi connectivity index (χ4v) is 6.29. The van der Waals surface area contributed by atoms with Crippen LogP contribution in [0.2, 0.25) is 0 Å². The number of hydrogen-bond acceptors (Lipinski definition) is 5. The van der Waals surface area contributed by atoms with Gasteiger partial charge in [-0.1, -0.05) is 36.4 Å². The summed E-state index contributed by atoms with van der Waals surface area (Å²) in [5.74, 6) is -8.25. The molecular weight excluding hydrogens is 488 g/mol. The fraction of sp³-hybridized carbons (Fsp3) is 0.444. The molecule has 0 radical (unpaired) electrons. The summed E-state index contributed by atoms with van der Waals surface area (Å²) in [5.41, 5.74) is -5.16. The van der Waals surface area contributed by atoms with Gasteiger partial charge in [0.2, 0.25) is 0 Å². The number of hydrogen-bond donors (Lipinski definition) is 4. The topological polar surface area (TPSA) is 133 Å². The molecule has 1 unspecified atom stereocenters. The molecule has 37 heavy (non-hydrogen) atoms. The lowest BCUT2D eigenvalue weighted by Gasteiger charge is -2.42. The summed E-state index contributed by atoms with van der Waals surface area (Å²) in [5, 5.41) is 34.5. The number of carbonyl (C=O) groups excluding carboxylic acids is 1. The van der Waals surface area contributed by atoms with E-state index in [0.29, 0.717) is 0 Å². The molecule has 8 nitrogen and oxygen atoms in total. The highest BCUT2D eigenvalue weighted by molar-refractivity contribution is 5.92. The van der Waals surface area contributed by atoms with Gasteiger partial charge in [0.25, 0.3) is 0 Å². The number of aliphatic hydroxyl groups excluding tert-OH is 1. The molecule has 2 saturated carbocycles. The van der Waals surface area contributed by atoms with Crippen LogP contribution in [0.4, 0.5) is 13.6 Å². The minimum absolute atomic E-state index is 0.0339. The summed E-state index contributed by atoms with van der Waals surface area (Å²) in [6.07, 6.45) is -3.42. The third-order valence-electron chi connectivity index (χ3n) is 7.61. The predicted octanol–water partition coefficient (Wildman–Crippen LogP) is 3.41. The number of ether oxygens (including phenoxy) is 1. The Morgan fingerprint density at radius 1 is 0.973 bits per heavy atom. The van der Waals surface area contributed by atoms with Crippen molar-refractivity contribution in [2.24, 2.45) is 23.2 Å². The molecule has 0 saturated heterocycles. The van der Waals surface area contributed by atoms with Gasteiger partial charge in [0.1, 0.15) is 17.2 Å². The number of fused-ring (bicyclic) bond motifs is 1. The average Bonchev–Trinajstić information content (AvgIpc) is 3.42. The number of carboxylic acids is 2. The normalized spacial score (nSPS) is 30.3. The van der Waals surface area contributed by atoms with Gasteiger partial charge in [-0.3, -0.25) is 4.79 Å². The first-order valence-corrected chi connectivity index (χ1v) is 11.9. The first-order valence-electron chi connectivity index (χ1n) is 11.9. The second-order valence-corrected chi connectivity index (χ2v) is 10.8. The second kappa shape index (κ2) is 9.09. The van der Waals surface area contributed by atoms with Crippen molar-refractivity contribution in [2.75, 3.05) is 0 Å². The first kappa shape index (κ1) is 26.5. The molecule has 0 spiro atoms. The van der Waals surface area contributed by atoms with Crippen LogP contribution in [-0.4, -0.2) is 50.6 Å². The van der Waals surface area contributed by atoms with Gasteiger partial charge in [0, 0.05) is 17.3 Å². The van der Waals surface area contributed by atoms with Crippen molar-refractivity contribution in [1.82, 2.24) is 5.32 Å². The molecule has 0 bridgehead atoms. The molecule has 1 amide bonds. The molecule has 0 aliphatic heterocycles.